The number of rotatable bonds is 28. The first kappa shape index (κ1) is 48.9. The van der Waals surface area contributed by atoms with E-state index >= 15 is 0 Å². The second-order valence-electron chi connectivity index (χ2n) is 14.5. The largest absolute Gasteiger partial charge is 0.455 e. The summed E-state index contributed by atoms with van der Waals surface area (Å²) >= 11 is 0.0390. The number of carbonyl (C=O) groups is 2. The Morgan fingerprint density at radius 3 is 1.74 bits per heavy atom. The van der Waals surface area contributed by atoms with Gasteiger partial charge in [-0.2, -0.15) is 0 Å². The van der Waals surface area contributed by atoms with Crippen molar-refractivity contribution in [1.29, 1.82) is 0 Å². The Hall–Kier alpha value is -1.23. The first-order chi connectivity index (χ1) is 25.9. The van der Waals surface area contributed by atoms with Crippen molar-refractivity contribution in [3.8, 4) is 0 Å². The molecular formula is C36H66O17S. The van der Waals surface area contributed by atoms with Gasteiger partial charge in [0, 0.05) is 6.42 Å². The van der Waals surface area contributed by atoms with Crippen LogP contribution in [0, 0.1) is 11.8 Å². The molecule has 2 heterocycles. The zero-order valence-corrected chi connectivity index (χ0v) is 33.0. The summed E-state index contributed by atoms with van der Waals surface area (Å²) in [4.78, 5) is 26.6. The SMILES string of the molecule is CCCCCCCCCCCCCCCC(=O)OC1C(OC2OC(CO)C(O)C(O)C2OSOOO)OC(CO)C(O)C1OC(=O)C(C)CC(C)C(C)O. The third-order valence-electron chi connectivity index (χ3n) is 10.1. The van der Waals surface area contributed by atoms with Crippen molar-refractivity contribution < 1.29 is 82.7 Å². The molecule has 0 bridgehead atoms. The molecule has 0 aromatic carbocycles. The van der Waals surface area contributed by atoms with E-state index in [9.17, 15) is 40.2 Å². The number of hydrogen-bond donors (Lipinski definition) is 7. The Kier molecular flexibility index (Phi) is 24.8. The van der Waals surface area contributed by atoms with Gasteiger partial charge in [0.25, 0.3) is 0 Å². The maximum absolute atomic E-state index is 13.3. The molecule has 0 spiro atoms. The van der Waals surface area contributed by atoms with E-state index in [2.05, 4.69) is 16.3 Å². The summed E-state index contributed by atoms with van der Waals surface area (Å²) in [6.45, 7) is 5.59. The van der Waals surface area contributed by atoms with Crippen LogP contribution >= 0.6 is 12.3 Å². The van der Waals surface area contributed by atoms with Crippen molar-refractivity contribution in [3.63, 3.8) is 0 Å². The van der Waals surface area contributed by atoms with E-state index in [4.69, 9.17) is 33.1 Å². The van der Waals surface area contributed by atoms with Crippen LogP contribution in [0.25, 0.3) is 0 Å². The van der Waals surface area contributed by atoms with Gasteiger partial charge in [0.05, 0.1) is 25.2 Å². The Morgan fingerprint density at radius 2 is 1.22 bits per heavy atom. The predicted octanol–water partition coefficient (Wildman–Crippen LogP) is 3.24. The van der Waals surface area contributed by atoms with Crippen molar-refractivity contribution in [2.24, 2.45) is 11.8 Å². The number of ether oxygens (including phenoxy) is 5. The second-order valence-corrected chi connectivity index (χ2v) is 15.0. The van der Waals surface area contributed by atoms with E-state index in [1.54, 1.807) is 20.8 Å². The highest BCUT2D eigenvalue weighted by Gasteiger charge is 2.54. The molecular weight excluding hydrogens is 736 g/mol. The molecule has 0 aliphatic carbocycles. The van der Waals surface area contributed by atoms with Crippen molar-refractivity contribution in [2.75, 3.05) is 13.2 Å². The molecule has 0 amide bonds. The minimum atomic E-state index is -1.78. The van der Waals surface area contributed by atoms with Crippen LogP contribution in [0.15, 0.2) is 0 Å². The number of hydrogen-bond acceptors (Lipinski definition) is 18. The van der Waals surface area contributed by atoms with E-state index < -0.39 is 98.6 Å². The molecule has 18 heteroatoms. The summed E-state index contributed by atoms with van der Waals surface area (Å²) in [7, 11) is 0. The lowest BCUT2D eigenvalue weighted by atomic mass is 9.93. The van der Waals surface area contributed by atoms with E-state index in [1.165, 1.54) is 51.4 Å². The van der Waals surface area contributed by atoms with Crippen molar-refractivity contribution in [3.05, 3.63) is 0 Å². The highest BCUT2D eigenvalue weighted by molar-refractivity contribution is 7.89. The minimum absolute atomic E-state index is 0.0121. The number of esters is 2. The molecule has 2 aliphatic heterocycles. The molecule has 2 fully saturated rings. The maximum Gasteiger partial charge on any atom is 0.309 e. The van der Waals surface area contributed by atoms with Crippen molar-refractivity contribution in [1.82, 2.24) is 0 Å². The Labute approximate surface area is 323 Å². The van der Waals surface area contributed by atoms with Crippen LogP contribution in [-0.4, -0.2) is 129 Å². The van der Waals surface area contributed by atoms with E-state index in [1.807, 2.05) is 0 Å². The summed E-state index contributed by atoms with van der Waals surface area (Å²) in [5.41, 5.74) is 0. The summed E-state index contributed by atoms with van der Waals surface area (Å²) in [5, 5.41) is 74.3. The number of aliphatic hydroxyl groups is 6. The van der Waals surface area contributed by atoms with Crippen LogP contribution in [0.4, 0.5) is 0 Å². The molecule has 318 valence electrons. The molecule has 2 saturated heterocycles. The predicted molar refractivity (Wildman–Crippen MR) is 193 cm³/mol. The van der Waals surface area contributed by atoms with E-state index in [0.717, 1.165) is 25.7 Å². The van der Waals surface area contributed by atoms with Gasteiger partial charge >= 0.3 is 11.9 Å². The van der Waals surface area contributed by atoms with Gasteiger partial charge in [0.1, 0.15) is 30.5 Å². The monoisotopic (exact) mass is 802 g/mol. The Morgan fingerprint density at radius 1 is 0.704 bits per heavy atom. The van der Waals surface area contributed by atoms with E-state index in [0.29, 0.717) is 6.42 Å². The fourth-order valence-corrected chi connectivity index (χ4v) is 6.84. The third kappa shape index (κ3) is 16.7. The lowest BCUT2D eigenvalue weighted by Gasteiger charge is -2.46. The number of carbonyl (C=O) groups excluding carboxylic acids is 2. The molecule has 0 saturated carbocycles. The van der Waals surface area contributed by atoms with Gasteiger partial charge in [-0.05, 0) is 25.7 Å². The maximum atomic E-state index is 13.3. The average molecular weight is 803 g/mol. The third-order valence-corrected chi connectivity index (χ3v) is 10.5. The normalized spacial score (nSPS) is 30.4. The summed E-state index contributed by atoms with van der Waals surface area (Å²) < 4.78 is 38.4. The molecule has 2 aliphatic rings. The quantitative estimate of drug-likeness (QED) is 0.0197. The van der Waals surface area contributed by atoms with Crippen LogP contribution in [0.5, 0.6) is 0 Å². The topological polar surface area (TPSA) is 250 Å². The summed E-state index contributed by atoms with van der Waals surface area (Å²) in [5.74, 6) is -2.53. The number of unbranched alkanes of at least 4 members (excludes halogenated alkanes) is 12. The van der Waals surface area contributed by atoms with Crippen molar-refractivity contribution in [2.45, 2.75) is 192 Å². The molecule has 17 nitrogen and oxygen atoms in total. The summed E-state index contributed by atoms with van der Waals surface area (Å²) in [6, 6.07) is 0. The molecule has 54 heavy (non-hydrogen) atoms. The Balaban J connectivity index is 2.17. The van der Waals surface area contributed by atoms with Crippen molar-refractivity contribution >= 4 is 24.3 Å². The number of aliphatic hydroxyl groups excluding tert-OH is 6. The Bertz CT molecular complexity index is 1010. The lowest BCUT2D eigenvalue weighted by Crippen LogP contribution is -2.65. The standard InChI is InChI=1S/C36H66O17S/c1-5-6-7-8-9-10-11-12-13-14-15-16-17-18-27(40)48-33-31(49-34(44)23(3)19-22(2)24(4)39)29(42)26(21-38)47-36(33)50-35-32(51-54-53-52-45)30(43)28(41)25(20-37)46-35/h22-26,28-33,35-39,41-43,45H,5-21H2,1-4H3. The fourth-order valence-electron chi connectivity index (χ4n) is 6.48. The van der Waals surface area contributed by atoms with Crippen LogP contribution in [0.3, 0.4) is 0 Å². The second kappa shape index (κ2) is 27.4. The molecule has 2 rings (SSSR count). The van der Waals surface area contributed by atoms with Gasteiger partial charge in [-0.1, -0.05) is 103 Å². The fraction of sp³-hybridized carbons (Fsp3) is 0.944. The smallest absolute Gasteiger partial charge is 0.309 e. The highest BCUT2D eigenvalue weighted by atomic mass is 32.2. The first-order valence-corrected chi connectivity index (χ1v) is 20.2. The first-order valence-electron chi connectivity index (χ1n) is 19.5. The minimum Gasteiger partial charge on any atom is -0.455 e. The molecule has 13 atom stereocenters. The molecule has 7 N–H and O–H groups in total. The summed E-state index contributed by atoms with van der Waals surface area (Å²) in [6.07, 6.45) is -2.32. The van der Waals surface area contributed by atoms with Crippen LogP contribution in [-0.2, 0) is 46.8 Å². The van der Waals surface area contributed by atoms with Gasteiger partial charge in [-0.3, -0.25) is 13.8 Å². The van der Waals surface area contributed by atoms with Crippen LogP contribution < -0.4 is 0 Å². The van der Waals surface area contributed by atoms with Crippen LogP contribution in [0.2, 0.25) is 0 Å². The zero-order chi connectivity index (χ0) is 40.0. The zero-order valence-electron chi connectivity index (χ0n) is 32.1. The van der Waals surface area contributed by atoms with Gasteiger partial charge < -0.3 is 54.3 Å². The van der Waals surface area contributed by atoms with Gasteiger partial charge in [-0.15, -0.1) is 4.33 Å². The van der Waals surface area contributed by atoms with Gasteiger partial charge in [0.2, 0.25) is 6.29 Å². The molecule has 13 unspecified atom stereocenters. The average Bonchev–Trinajstić information content (AvgIpc) is 3.14. The van der Waals surface area contributed by atoms with Gasteiger partial charge in [0.15, 0.2) is 36.9 Å². The lowest BCUT2D eigenvalue weighted by molar-refractivity contribution is -0.435. The van der Waals surface area contributed by atoms with Gasteiger partial charge in [-0.25, -0.2) is 5.26 Å². The van der Waals surface area contributed by atoms with E-state index in [-0.39, 0.29) is 31.1 Å². The van der Waals surface area contributed by atoms with Crippen LogP contribution in [0.1, 0.15) is 124 Å². The molecule has 0 radical (unpaired) electrons. The molecule has 0 aromatic heterocycles. The highest BCUT2D eigenvalue weighted by Crippen LogP contribution is 2.34. The molecule has 0 aromatic rings.